The number of ether oxygens (including phenoxy) is 2. The highest BCUT2D eigenvalue weighted by Gasteiger charge is 2.07. The first-order valence-corrected chi connectivity index (χ1v) is 5.16. The molecule has 4 heteroatoms. The van der Waals surface area contributed by atoms with Crippen LogP contribution in [0.4, 0.5) is 0 Å². The summed E-state index contributed by atoms with van der Waals surface area (Å²) in [7, 11) is 0. The Morgan fingerprint density at radius 1 is 1.38 bits per heavy atom. The van der Waals surface area contributed by atoms with Crippen molar-refractivity contribution in [3.05, 3.63) is 30.0 Å². The molecule has 2 rings (SSSR count). The lowest BCUT2D eigenvalue weighted by molar-refractivity contribution is 0.0232. The van der Waals surface area contributed by atoms with Gasteiger partial charge in [-0.1, -0.05) is 0 Å². The molecular weight excluding hydrogens is 208 g/mol. The van der Waals surface area contributed by atoms with Crippen LogP contribution in [0.5, 0.6) is 5.75 Å². The lowest BCUT2D eigenvalue weighted by Gasteiger charge is -2.08. The molecule has 0 unspecified atom stereocenters. The minimum Gasteiger partial charge on any atom is -0.467 e. The first-order chi connectivity index (χ1) is 7.85. The molecule has 1 heterocycles. The van der Waals surface area contributed by atoms with Crippen LogP contribution in [0.15, 0.2) is 28.9 Å². The van der Waals surface area contributed by atoms with Gasteiger partial charge >= 0.3 is 0 Å². The Hall–Kier alpha value is -1.52. The number of aliphatic hydroxyl groups is 1. The predicted molar refractivity (Wildman–Crippen MR) is 59.3 cm³/mol. The van der Waals surface area contributed by atoms with Gasteiger partial charge in [0.25, 0.3) is 0 Å². The maximum Gasteiger partial charge on any atom is 0.189 e. The minimum atomic E-state index is -0.0400. The molecule has 0 saturated carbocycles. The second kappa shape index (κ2) is 5.01. The van der Waals surface area contributed by atoms with Gasteiger partial charge in [0.1, 0.15) is 11.3 Å². The van der Waals surface area contributed by atoms with Crippen LogP contribution in [-0.2, 0) is 11.3 Å². The standard InChI is InChI=1S/C12H14O4/c1-2-14-8-16-12-6-9(7-13)5-11-10(12)3-4-15-11/h3-6,13H,2,7-8H2,1H3. The van der Waals surface area contributed by atoms with E-state index in [1.165, 1.54) is 0 Å². The molecule has 0 fully saturated rings. The van der Waals surface area contributed by atoms with Gasteiger partial charge in [0.05, 0.1) is 18.3 Å². The predicted octanol–water partition coefficient (Wildman–Crippen LogP) is 2.30. The van der Waals surface area contributed by atoms with Crippen LogP contribution in [-0.4, -0.2) is 18.5 Å². The van der Waals surface area contributed by atoms with Gasteiger partial charge in [0.2, 0.25) is 0 Å². The van der Waals surface area contributed by atoms with Crippen LogP contribution in [0.3, 0.4) is 0 Å². The molecule has 0 amide bonds. The second-order valence-electron chi connectivity index (χ2n) is 3.34. The van der Waals surface area contributed by atoms with E-state index >= 15 is 0 Å². The van der Waals surface area contributed by atoms with E-state index in [1.807, 2.05) is 13.0 Å². The van der Waals surface area contributed by atoms with Crippen LogP contribution in [0.2, 0.25) is 0 Å². The number of furan rings is 1. The van der Waals surface area contributed by atoms with Gasteiger partial charge in [-0.2, -0.15) is 0 Å². The molecule has 0 radical (unpaired) electrons. The van der Waals surface area contributed by atoms with Crippen LogP contribution in [0, 0.1) is 0 Å². The number of rotatable bonds is 5. The van der Waals surface area contributed by atoms with Crippen molar-refractivity contribution in [3.8, 4) is 5.75 Å². The average Bonchev–Trinajstić information content (AvgIpc) is 2.77. The van der Waals surface area contributed by atoms with E-state index in [2.05, 4.69) is 0 Å². The van der Waals surface area contributed by atoms with Gasteiger partial charge in [-0.3, -0.25) is 0 Å². The van der Waals surface area contributed by atoms with Crippen molar-refractivity contribution < 1.29 is 19.0 Å². The average molecular weight is 222 g/mol. The molecule has 2 aromatic rings. The van der Waals surface area contributed by atoms with E-state index in [4.69, 9.17) is 19.0 Å². The zero-order chi connectivity index (χ0) is 11.4. The topological polar surface area (TPSA) is 51.8 Å². The van der Waals surface area contributed by atoms with Crippen LogP contribution in [0.25, 0.3) is 11.0 Å². The van der Waals surface area contributed by atoms with Gasteiger partial charge in [0.15, 0.2) is 6.79 Å². The Balaban J connectivity index is 2.29. The fourth-order valence-corrected chi connectivity index (χ4v) is 1.49. The smallest absolute Gasteiger partial charge is 0.189 e. The molecule has 0 aliphatic heterocycles. The summed E-state index contributed by atoms with van der Waals surface area (Å²) >= 11 is 0. The van der Waals surface area contributed by atoms with Gasteiger partial charge in [-0.25, -0.2) is 0 Å². The fourth-order valence-electron chi connectivity index (χ4n) is 1.49. The zero-order valence-electron chi connectivity index (χ0n) is 9.10. The SMILES string of the molecule is CCOCOc1cc(CO)cc2occc12. The van der Waals surface area contributed by atoms with Crippen molar-refractivity contribution in [2.75, 3.05) is 13.4 Å². The molecule has 1 N–H and O–H groups in total. The molecule has 0 saturated heterocycles. The number of fused-ring (bicyclic) bond motifs is 1. The molecule has 0 bridgehead atoms. The van der Waals surface area contributed by atoms with Gasteiger partial charge in [-0.05, 0) is 30.7 Å². The van der Waals surface area contributed by atoms with Crippen molar-refractivity contribution >= 4 is 11.0 Å². The molecule has 0 spiro atoms. The first kappa shape index (κ1) is 11.0. The minimum absolute atomic E-state index is 0.0400. The normalized spacial score (nSPS) is 10.9. The Kier molecular flexibility index (Phi) is 3.44. The van der Waals surface area contributed by atoms with Gasteiger partial charge in [-0.15, -0.1) is 0 Å². The van der Waals surface area contributed by atoms with E-state index in [9.17, 15) is 0 Å². The zero-order valence-corrected chi connectivity index (χ0v) is 9.10. The summed E-state index contributed by atoms with van der Waals surface area (Å²) in [6, 6.07) is 5.41. The van der Waals surface area contributed by atoms with Crippen LogP contribution >= 0.6 is 0 Å². The molecule has 16 heavy (non-hydrogen) atoms. The monoisotopic (exact) mass is 222 g/mol. The van der Waals surface area contributed by atoms with Gasteiger partial charge < -0.3 is 19.0 Å². The number of hydrogen-bond acceptors (Lipinski definition) is 4. The molecule has 86 valence electrons. The summed E-state index contributed by atoms with van der Waals surface area (Å²) in [5.74, 6) is 0.670. The highest BCUT2D eigenvalue weighted by Crippen LogP contribution is 2.28. The van der Waals surface area contributed by atoms with E-state index < -0.39 is 0 Å². The molecule has 0 aliphatic rings. The highest BCUT2D eigenvalue weighted by atomic mass is 16.7. The maximum atomic E-state index is 9.10. The quantitative estimate of drug-likeness (QED) is 0.623. The molecule has 0 aliphatic carbocycles. The van der Waals surface area contributed by atoms with Crippen LogP contribution < -0.4 is 4.74 Å². The Labute approximate surface area is 93.4 Å². The summed E-state index contributed by atoms with van der Waals surface area (Å²) < 4.78 is 15.9. The summed E-state index contributed by atoms with van der Waals surface area (Å²) in [6.45, 7) is 2.67. The number of aliphatic hydroxyl groups excluding tert-OH is 1. The Bertz CT molecular complexity index is 461. The van der Waals surface area contributed by atoms with E-state index in [0.717, 1.165) is 10.9 Å². The molecule has 1 aromatic heterocycles. The molecule has 4 nitrogen and oxygen atoms in total. The summed E-state index contributed by atoms with van der Waals surface area (Å²) in [6.07, 6.45) is 1.60. The Morgan fingerprint density at radius 3 is 3.00 bits per heavy atom. The van der Waals surface area contributed by atoms with Crippen LogP contribution in [0.1, 0.15) is 12.5 Å². The fraction of sp³-hybridized carbons (Fsp3) is 0.333. The highest BCUT2D eigenvalue weighted by molar-refractivity contribution is 5.84. The van der Waals surface area contributed by atoms with E-state index in [-0.39, 0.29) is 13.4 Å². The molecular formula is C12H14O4. The van der Waals surface area contributed by atoms with E-state index in [0.29, 0.717) is 17.9 Å². The lowest BCUT2D eigenvalue weighted by Crippen LogP contribution is -2.02. The second-order valence-corrected chi connectivity index (χ2v) is 3.34. The Morgan fingerprint density at radius 2 is 2.25 bits per heavy atom. The summed E-state index contributed by atoms with van der Waals surface area (Å²) in [5.41, 5.74) is 1.46. The third kappa shape index (κ3) is 2.18. The number of benzene rings is 1. The van der Waals surface area contributed by atoms with Crippen molar-refractivity contribution in [1.29, 1.82) is 0 Å². The third-order valence-corrected chi connectivity index (χ3v) is 2.28. The third-order valence-electron chi connectivity index (χ3n) is 2.28. The van der Waals surface area contributed by atoms with Crippen molar-refractivity contribution in [2.45, 2.75) is 13.5 Å². The maximum absolute atomic E-state index is 9.10. The number of hydrogen-bond donors (Lipinski definition) is 1. The van der Waals surface area contributed by atoms with E-state index in [1.54, 1.807) is 18.4 Å². The molecule has 0 atom stereocenters. The summed E-state index contributed by atoms with van der Waals surface area (Å²) in [5, 5.41) is 9.99. The molecule has 1 aromatic carbocycles. The van der Waals surface area contributed by atoms with Crippen molar-refractivity contribution in [1.82, 2.24) is 0 Å². The van der Waals surface area contributed by atoms with Crippen molar-refractivity contribution in [2.24, 2.45) is 0 Å². The first-order valence-electron chi connectivity index (χ1n) is 5.16. The largest absolute Gasteiger partial charge is 0.467 e. The lowest BCUT2D eigenvalue weighted by atomic mass is 10.1. The van der Waals surface area contributed by atoms with Gasteiger partial charge in [0, 0.05) is 6.61 Å². The van der Waals surface area contributed by atoms with Crippen molar-refractivity contribution in [3.63, 3.8) is 0 Å². The summed E-state index contributed by atoms with van der Waals surface area (Å²) in [4.78, 5) is 0.